The summed E-state index contributed by atoms with van der Waals surface area (Å²) < 4.78 is 24.7. The number of hydrogen-bond acceptors (Lipinski definition) is 4. The van der Waals surface area contributed by atoms with Crippen LogP contribution in [0, 0.1) is 0 Å². The van der Waals surface area contributed by atoms with Gasteiger partial charge in [0.1, 0.15) is 0 Å². The molecular formula is C14H29N3O3S. The second kappa shape index (κ2) is 7.56. The van der Waals surface area contributed by atoms with Gasteiger partial charge in [-0.05, 0) is 40.7 Å². The third-order valence-electron chi connectivity index (χ3n) is 3.78. The minimum atomic E-state index is -3.13. The SMILES string of the molecule is CC(C)N(C(=O)CN1CCCN(S(C)(=O)=O)CC1)C(C)C. The fourth-order valence-electron chi connectivity index (χ4n) is 2.88. The summed E-state index contributed by atoms with van der Waals surface area (Å²) in [6.45, 7) is 10.8. The molecule has 0 aliphatic carbocycles. The van der Waals surface area contributed by atoms with E-state index in [4.69, 9.17) is 0 Å². The van der Waals surface area contributed by atoms with Crippen LogP contribution in [0.3, 0.4) is 0 Å². The van der Waals surface area contributed by atoms with E-state index in [1.165, 1.54) is 10.6 Å². The monoisotopic (exact) mass is 319 g/mol. The number of amides is 1. The maximum absolute atomic E-state index is 12.4. The minimum absolute atomic E-state index is 0.118. The zero-order valence-electron chi connectivity index (χ0n) is 13.9. The first-order chi connectivity index (χ1) is 9.62. The Balaban J connectivity index is 2.62. The summed E-state index contributed by atoms with van der Waals surface area (Å²) in [6, 6.07) is 0.356. The largest absolute Gasteiger partial charge is 0.337 e. The number of hydrogen-bond donors (Lipinski definition) is 0. The molecule has 21 heavy (non-hydrogen) atoms. The van der Waals surface area contributed by atoms with Crippen molar-refractivity contribution in [2.24, 2.45) is 0 Å². The summed E-state index contributed by atoms with van der Waals surface area (Å²) in [5.74, 6) is 0.118. The molecule has 0 saturated carbocycles. The van der Waals surface area contributed by atoms with Gasteiger partial charge in [0, 0.05) is 31.7 Å². The molecule has 1 saturated heterocycles. The Labute approximate surface area is 129 Å². The average Bonchev–Trinajstić information content (AvgIpc) is 2.52. The van der Waals surface area contributed by atoms with E-state index in [2.05, 4.69) is 4.90 Å². The molecule has 1 aliphatic rings. The van der Waals surface area contributed by atoms with E-state index in [-0.39, 0.29) is 18.0 Å². The highest BCUT2D eigenvalue weighted by Gasteiger charge is 2.25. The van der Waals surface area contributed by atoms with Gasteiger partial charge < -0.3 is 4.90 Å². The Kier molecular flexibility index (Phi) is 6.62. The van der Waals surface area contributed by atoms with Gasteiger partial charge in [-0.25, -0.2) is 12.7 Å². The quantitative estimate of drug-likeness (QED) is 0.744. The number of sulfonamides is 1. The van der Waals surface area contributed by atoms with Crippen molar-refractivity contribution in [3.8, 4) is 0 Å². The molecule has 0 aromatic carbocycles. The van der Waals surface area contributed by atoms with Gasteiger partial charge in [-0.1, -0.05) is 0 Å². The molecule has 0 N–H and O–H groups in total. The van der Waals surface area contributed by atoms with Gasteiger partial charge in [-0.3, -0.25) is 9.69 Å². The third kappa shape index (κ3) is 5.56. The van der Waals surface area contributed by atoms with E-state index in [9.17, 15) is 13.2 Å². The van der Waals surface area contributed by atoms with Crippen molar-refractivity contribution in [1.29, 1.82) is 0 Å². The molecule has 124 valence electrons. The summed E-state index contributed by atoms with van der Waals surface area (Å²) >= 11 is 0. The predicted octanol–water partition coefficient (Wildman–Crippen LogP) is 0.599. The zero-order chi connectivity index (χ0) is 16.2. The molecule has 0 spiro atoms. The van der Waals surface area contributed by atoms with Crippen LogP contribution in [0.5, 0.6) is 0 Å². The lowest BCUT2D eigenvalue weighted by Crippen LogP contribution is -2.47. The van der Waals surface area contributed by atoms with Crippen molar-refractivity contribution in [2.45, 2.75) is 46.2 Å². The first-order valence-corrected chi connectivity index (χ1v) is 9.46. The molecule has 1 rings (SSSR count). The lowest BCUT2D eigenvalue weighted by molar-refractivity contribution is -0.136. The molecule has 0 atom stereocenters. The summed E-state index contributed by atoms with van der Waals surface area (Å²) in [7, 11) is -3.13. The Hall–Kier alpha value is -0.660. The van der Waals surface area contributed by atoms with Gasteiger partial charge in [-0.15, -0.1) is 0 Å². The van der Waals surface area contributed by atoms with Gasteiger partial charge in [-0.2, -0.15) is 0 Å². The van der Waals surface area contributed by atoms with Crippen LogP contribution in [0.4, 0.5) is 0 Å². The smallest absolute Gasteiger partial charge is 0.237 e. The topological polar surface area (TPSA) is 60.9 Å². The van der Waals surface area contributed by atoms with Crippen LogP contribution in [-0.4, -0.2) is 79.5 Å². The van der Waals surface area contributed by atoms with Crippen molar-refractivity contribution in [2.75, 3.05) is 39.0 Å². The average molecular weight is 319 g/mol. The number of nitrogens with zero attached hydrogens (tertiary/aromatic N) is 3. The van der Waals surface area contributed by atoms with Crippen LogP contribution < -0.4 is 0 Å². The minimum Gasteiger partial charge on any atom is -0.337 e. The number of carbonyl (C=O) groups is 1. The Morgan fingerprint density at radius 3 is 2.10 bits per heavy atom. The molecule has 6 nitrogen and oxygen atoms in total. The third-order valence-corrected chi connectivity index (χ3v) is 5.08. The van der Waals surface area contributed by atoms with Crippen molar-refractivity contribution in [1.82, 2.24) is 14.1 Å². The van der Waals surface area contributed by atoms with Crippen molar-refractivity contribution >= 4 is 15.9 Å². The molecular weight excluding hydrogens is 290 g/mol. The highest BCUT2D eigenvalue weighted by Crippen LogP contribution is 2.10. The van der Waals surface area contributed by atoms with Crippen molar-refractivity contribution in [3.63, 3.8) is 0 Å². The summed E-state index contributed by atoms with van der Waals surface area (Å²) in [5.41, 5.74) is 0. The highest BCUT2D eigenvalue weighted by atomic mass is 32.2. The maximum Gasteiger partial charge on any atom is 0.237 e. The van der Waals surface area contributed by atoms with Gasteiger partial charge in [0.15, 0.2) is 0 Å². The van der Waals surface area contributed by atoms with Crippen LogP contribution in [0.1, 0.15) is 34.1 Å². The molecule has 0 bridgehead atoms. The second-order valence-corrected chi connectivity index (χ2v) is 8.26. The van der Waals surface area contributed by atoms with Gasteiger partial charge in [0.25, 0.3) is 0 Å². The molecule has 0 aromatic heterocycles. The zero-order valence-corrected chi connectivity index (χ0v) is 14.7. The number of carbonyl (C=O) groups excluding carboxylic acids is 1. The van der Waals surface area contributed by atoms with Crippen LogP contribution in [0.25, 0.3) is 0 Å². The molecule has 0 radical (unpaired) electrons. The summed E-state index contributed by atoms with van der Waals surface area (Å²) in [6.07, 6.45) is 2.01. The van der Waals surface area contributed by atoms with Gasteiger partial charge in [0.2, 0.25) is 15.9 Å². The Morgan fingerprint density at radius 2 is 1.62 bits per heavy atom. The lowest BCUT2D eigenvalue weighted by Gasteiger charge is -2.33. The summed E-state index contributed by atoms with van der Waals surface area (Å²) in [5, 5.41) is 0. The molecule has 0 unspecified atom stereocenters. The van der Waals surface area contributed by atoms with E-state index in [0.29, 0.717) is 26.2 Å². The van der Waals surface area contributed by atoms with Crippen LogP contribution in [0.2, 0.25) is 0 Å². The van der Waals surface area contributed by atoms with Crippen LogP contribution in [-0.2, 0) is 14.8 Å². The normalized spacial score (nSPS) is 19.0. The standard InChI is InChI=1S/C14H29N3O3S/c1-12(2)17(13(3)4)14(18)11-15-7-6-8-16(10-9-15)21(5,19)20/h12-13H,6-11H2,1-5H3. The lowest BCUT2D eigenvalue weighted by atomic mass is 10.2. The molecule has 7 heteroatoms. The maximum atomic E-state index is 12.4. The van der Waals surface area contributed by atoms with Crippen LogP contribution >= 0.6 is 0 Å². The van der Waals surface area contributed by atoms with E-state index in [1.54, 1.807) is 0 Å². The van der Waals surface area contributed by atoms with Gasteiger partial charge in [0.05, 0.1) is 12.8 Å². The summed E-state index contributed by atoms with van der Waals surface area (Å²) in [4.78, 5) is 16.4. The molecule has 0 aromatic rings. The number of rotatable bonds is 5. The molecule has 1 amide bonds. The predicted molar refractivity (Wildman–Crippen MR) is 84.6 cm³/mol. The molecule has 1 heterocycles. The van der Waals surface area contributed by atoms with E-state index in [0.717, 1.165) is 13.0 Å². The van der Waals surface area contributed by atoms with Crippen molar-refractivity contribution < 1.29 is 13.2 Å². The Morgan fingerprint density at radius 1 is 1.05 bits per heavy atom. The van der Waals surface area contributed by atoms with Crippen LogP contribution in [0.15, 0.2) is 0 Å². The van der Waals surface area contributed by atoms with Gasteiger partial charge >= 0.3 is 0 Å². The van der Waals surface area contributed by atoms with E-state index in [1.807, 2.05) is 32.6 Å². The molecule has 1 aliphatic heterocycles. The second-order valence-electron chi connectivity index (χ2n) is 6.28. The fourth-order valence-corrected chi connectivity index (χ4v) is 3.76. The fraction of sp³-hybridized carbons (Fsp3) is 0.929. The first-order valence-electron chi connectivity index (χ1n) is 7.61. The first kappa shape index (κ1) is 18.4. The Bertz CT molecular complexity index is 440. The van der Waals surface area contributed by atoms with E-state index >= 15 is 0 Å². The molecule has 1 fully saturated rings. The van der Waals surface area contributed by atoms with Crippen molar-refractivity contribution in [3.05, 3.63) is 0 Å². The highest BCUT2D eigenvalue weighted by molar-refractivity contribution is 7.88. The van der Waals surface area contributed by atoms with E-state index < -0.39 is 10.0 Å².